The monoisotopic (exact) mass is 655 g/mol. The van der Waals surface area contributed by atoms with Crippen LogP contribution in [0, 0.1) is 0 Å². The van der Waals surface area contributed by atoms with Crippen molar-refractivity contribution in [3.63, 3.8) is 0 Å². The SMILES string of the molecule is [2H]c1cc(C2(c3c([2H])c([2H])c([2H])c([2H])c3[2H])c3c([2H])c([2H])c([2H])c([2H])c3Oc3c([2H])c([2H])c(-c4c([2H])c([2H])c([2H])c5c6c([2H])c([2H])c7c([2H])c([2H])c([2H])c([2H])c7c6n(-c6c([2H])c([2H])c([2H])c([2H])c6[2H])c45)c([2H])c32)c([2H])c([2H])c1[2H]. The van der Waals surface area contributed by atoms with Gasteiger partial charge in [-0.05, 0) is 52.3 Å². The average Bonchev–Trinajstić information content (AvgIpc) is 3.88. The van der Waals surface area contributed by atoms with Crippen LogP contribution in [-0.4, -0.2) is 4.57 Å². The maximum absolute atomic E-state index is 10.5. The van der Waals surface area contributed by atoms with E-state index in [4.69, 9.17) is 25.3 Å². The molecule has 10 rings (SSSR count). The van der Waals surface area contributed by atoms with Crippen molar-refractivity contribution in [2.45, 2.75) is 5.41 Å². The molecule has 0 amide bonds. The van der Waals surface area contributed by atoms with Gasteiger partial charge in [0.05, 0.1) is 57.6 Å². The van der Waals surface area contributed by atoms with E-state index in [0.29, 0.717) is 10.6 Å². The van der Waals surface area contributed by atoms with Gasteiger partial charge in [0.1, 0.15) is 11.5 Å². The molecule has 0 saturated heterocycles. The zero-order chi connectivity index (χ0) is 58.5. The number of ether oxygens (including phenoxy) is 1. The highest BCUT2D eigenvalue weighted by atomic mass is 16.5. The van der Waals surface area contributed by atoms with Gasteiger partial charge >= 0.3 is 0 Å². The number of rotatable bonds is 4. The van der Waals surface area contributed by atoms with Crippen molar-refractivity contribution < 1.29 is 45.9 Å². The zero-order valence-electron chi connectivity index (χ0n) is 54.4. The summed E-state index contributed by atoms with van der Waals surface area (Å²) >= 11 is 0. The van der Waals surface area contributed by atoms with E-state index in [-0.39, 0.29) is 0 Å². The van der Waals surface area contributed by atoms with Gasteiger partial charge in [-0.3, -0.25) is 0 Å². The number of hydrogen-bond acceptors (Lipinski definition) is 1. The van der Waals surface area contributed by atoms with Crippen LogP contribution in [0.1, 0.15) is 63.4 Å². The van der Waals surface area contributed by atoms with Crippen molar-refractivity contribution in [3.8, 4) is 28.3 Å². The van der Waals surface area contributed by atoms with E-state index in [2.05, 4.69) is 0 Å². The molecule has 0 N–H and O–H groups in total. The van der Waals surface area contributed by atoms with Crippen LogP contribution in [0.15, 0.2) is 187 Å². The van der Waals surface area contributed by atoms with E-state index in [1.165, 1.54) is 0 Å². The number of benzene rings is 8. The number of nitrogens with zero attached hydrogens (tertiary/aromatic N) is 1. The third-order valence-corrected chi connectivity index (χ3v) is 8.19. The average molecular weight is 656 g/mol. The Hall–Kier alpha value is -6.38. The molecule has 0 aliphatic carbocycles. The molecule has 2 heteroatoms. The lowest BCUT2D eigenvalue weighted by Gasteiger charge is -2.41. The van der Waals surface area contributed by atoms with E-state index < -0.39 is 270 Å². The number of aromatic nitrogens is 1. The first-order chi connectivity index (χ1) is 36.8. The Bertz CT molecular complexity index is 4330. The van der Waals surface area contributed by atoms with Crippen molar-refractivity contribution in [3.05, 3.63) is 210 Å². The summed E-state index contributed by atoms with van der Waals surface area (Å²) in [6.07, 6.45) is 0. The Balaban J connectivity index is 1.60. The van der Waals surface area contributed by atoms with Crippen LogP contribution < -0.4 is 4.74 Å². The molecular formula is C47H31NO. The van der Waals surface area contributed by atoms with Gasteiger partial charge in [0.25, 0.3) is 0 Å². The van der Waals surface area contributed by atoms with Gasteiger partial charge in [-0.25, -0.2) is 0 Å². The minimum Gasteiger partial charge on any atom is -0.457 e. The van der Waals surface area contributed by atoms with Gasteiger partial charge in [-0.2, -0.15) is 0 Å². The number of hydrogen-bond donors (Lipinski definition) is 0. The summed E-state index contributed by atoms with van der Waals surface area (Å²) in [4.78, 5) is 0. The minimum atomic E-state index is -3.30. The molecule has 2 nitrogen and oxygen atoms in total. The number of fused-ring (bicyclic) bond motifs is 7. The molecule has 230 valence electrons. The van der Waals surface area contributed by atoms with Crippen molar-refractivity contribution in [2.24, 2.45) is 0 Å². The maximum Gasteiger partial charge on any atom is 0.132 e. The lowest BCUT2D eigenvalue weighted by molar-refractivity contribution is 0.434. The third-order valence-electron chi connectivity index (χ3n) is 8.19. The van der Waals surface area contributed by atoms with Gasteiger partial charge in [-0.1, -0.05) is 157 Å². The molecule has 9 aromatic rings. The Morgan fingerprint density at radius 1 is 0.469 bits per heavy atom. The minimum absolute atomic E-state index is 0.658. The van der Waals surface area contributed by atoms with Crippen LogP contribution >= 0.6 is 0 Å². The Labute approximate surface area is 327 Å². The molecule has 1 atom stereocenters. The summed E-state index contributed by atoms with van der Waals surface area (Å²) in [5.41, 5.74) is -11.7. The maximum atomic E-state index is 10.5. The first-order valence-electron chi connectivity index (χ1n) is 29.4. The predicted octanol–water partition coefficient (Wildman–Crippen LogP) is 12.1. The summed E-state index contributed by atoms with van der Waals surface area (Å²) in [5, 5.41) is -2.70. The van der Waals surface area contributed by atoms with Crippen molar-refractivity contribution in [2.75, 3.05) is 0 Å². The standard InChI is InChI=1S/C47H31NO/c1-4-16-34(17-5-1)47(35-18-6-2-7-19-35)41-25-12-13-26-43(41)49-44-30-28-33(31-42(44)47)38-23-14-24-39-40-29-27-32-15-10-11-22-37(32)45(40)48(46(38)39)36-20-8-3-9-21-36/h1-31H/i1D,2D,3D,4D,5D,6D,7D,8D,9D,10D,11D,12D,13D,14D,15D,16D,17D,18D,20D,21D,22D,23D,24D,25D,26D,27D,28D,29D,30D,31D. The normalized spacial score (nSPS) is 23.8. The molecule has 0 radical (unpaired) electrons. The molecule has 2 heterocycles. The van der Waals surface area contributed by atoms with Gasteiger partial charge in [0.15, 0.2) is 0 Å². The quantitative estimate of drug-likeness (QED) is 0.184. The van der Waals surface area contributed by atoms with E-state index in [1.54, 1.807) is 0 Å². The predicted molar refractivity (Wildman–Crippen MR) is 202 cm³/mol. The van der Waals surface area contributed by atoms with Crippen molar-refractivity contribution >= 4 is 32.6 Å². The molecule has 1 aliphatic rings. The second-order valence-electron chi connectivity index (χ2n) is 10.6. The zero-order valence-corrected chi connectivity index (χ0v) is 24.4. The molecule has 1 aliphatic heterocycles. The van der Waals surface area contributed by atoms with Crippen LogP contribution in [0.5, 0.6) is 11.5 Å². The van der Waals surface area contributed by atoms with Crippen molar-refractivity contribution in [1.29, 1.82) is 0 Å². The van der Waals surface area contributed by atoms with Crippen molar-refractivity contribution in [1.82, 2.24) is 4.57 Å². The highest BCUT2D eigenvalue weighted by molar-refractivity contribution is 6.21. The van der Waals surface area contributed by atoms with Crippen LogP contribution in [0.25, 0.3) is 49.4 Å². The fraction of sp³-hybridized carbons (Fsp3) is 0.0213. The molecule has 0 saturated carbocycles. The van der Waals surface area contributed by atoms with Crippen LogP contribution in [0.3, 0.4) is 0 Å². The highest BCUT2D eigenvalue weighted by Crippen LogP contribution is 2.56. The van der Waals surface area contributed by atoms with Gasteiger partial charge in [0.2, 0.25) is 0 Å². The lowest BCUT2D eigenvalue weighted by atomic mass is 9.63. The Kier molecular flexibility index (Phi) is 2.45. The van der Waals surface area contributed by atoms with E-state index in [9.17, 15) is 20.6 Å². The molecule has 49 heavy (non-hydrogen) atoms. The number of para-hydroxylation sites is 3. The van der Waals surface area contributed by atoms with Crippen LogP contribution in [0.2, 0.25) is 0 Å². The first-order valence-corrected chi connectivity index (χ1v) is 14.4. The summed E-state index contributed by atoms with van der Waals surface area (Å²) in [6.45, 7) is 0. The lowest BCUT2D eigenvalue weighted by Crippen LogP contribution is -2.34. The summed E-state index contributed by atoms with van der Waals surface area (Å²) < 4.78 is 281. The summed E-state index contributed by atoms with van der Waals surface area (Å²) in [7, 11) is 0. The topological polar surface area (TPSA) is 14.2 Å². The molecule has 8 aromatic carbocycles. The van der Waals surface area contributed by atoms with E-state index >= 15 is 0 Å². The van der Waals surface area contributed by atoms with Gasteiger partial charge in [0, 0.05) is 38.5 Å². The Morgan fingerprint density at radius 2 is 1.14 bits per heavy atom. The van der Waals surface area contributed by atoms with Gasteiger partial charge in [-0.15, -0.1) is 0 Å². The highest BCUT2D eigenvalue weighted by Gasteiger charge is 2.45. The molecule has 0 fully saturated rings. The molecular weight excluding hydrogens is 595 g/mol. The van der Waals surface area contributed by atoms with E-state index in [0.717, 1.165) is 0 Å². The van der Waals surface area contributed by atoms with Crippen LogP contribution in [0.4, 0.5) is 0 Å². The fourth-order valence-electron chi connectivity index (χ4n) is 6.27. The third kappa shape index (κ3) is 4.01. The van der Waals surface area contributed by atoms with E-state index in [1.807, 2.05) is 0 Å². The summed E-state index contributed by atoms with van der Waals surface area (Å²) in [5.74, 6) is -2.03. The molecule has 1 unspecified atom stereocenters. The van der Waals surface area contributed by atoms with Crippen LogP contribution in [-0.2, 0) is 5.41 Å². The summed E-state index contributed by atoms with van der Waals surface area (Å²) in [6, 6.07) is -31.0. The molecule has 0 bridgehead atoms. The Morgan fingerprint density at radius 3 is 2.02 bits per heavy atom. The molecule has 1 aromatic heterocycles. The smallest absolute Gasteiger partial charge is 0.132 e. The second kappa shape index (κ2) is 10.8. The fourth-order valence-corrected chi connectivity index (χ4v) is 6.27. The molecule has 0 spiro atoms. The first kappa shape index (κ1) is 11.1. The van der Waals surface area contributed by atoms with Gasteiger partial charge < -0.3 is 9.30 Å². The largest absolute Gasteiger partial charge is 0.457 e. The second-order valence-corrected chi connectivity index (χ2v) is 10.6.